The molecule has 168 valence electrons. The third kappa shape index (κ3) is 6.46. The molecule has 0 saturated heterocycles. The summed E-state index contributed by atoms with van der Waals surface area (Å²) in [7, 11) is 0. The second kappa shape index (κ2) is 11.0. The number of rotatable bonds is 10. The maximum Gasteiger partial charge on any atom is 0.344 e. The van der Waals surface area contributed by atoms with Crippen molar-refractivity contribution < 1.29 is 23.7 Å². The van der Waals surface area contributed by atoms with E-state index in [0.29, 0.717) is 25.6 Å². The van der Waals surface area contributed by atoms with E-state index in [0.717, 1.165) is 33.7 Å². The quantitative estimate of drug-likeness (QED) is 0.309. The molecule has 3 aromatic carbocycles. The number of fused-ring (bicyclic) bond motifs is 1. The first-order valence-electron chi connectivity index (χ1n) is 10.8. The van der Waals surface area contributed by atoms with Crippen molar-refractivity contribution in [2.24, 2.45) is 0 Å². The summed E-state index contributed by atoms with van der Waals surface area (Å²) >= 11 is 0. The highest BCUT2D eigenvalue weighted by Crippen LogP contribution is 2.21. The van der Waals surface area contributed by atoms with Crippen molar-refractivity contribution in [2.45, 2.75) is 20.1 Å². The number of nitrogens with zero attached hydrogens (tertiary/aromatic N) is 1. The van der Waals surface area contributed by atoms with E-state index >= 15 is 0 Å². The summed E-state index contributed by atoms with van der Waals surface area (Å²) in [6.07, 6.45) is 0. The first-order valence-corrected chi connectivity index (χ1v) is 10.8. The Morgan fingerprint density at radius 1 is 0.727 bits per heavy atom. The van der Waals surface area contributed by atoms with Gasteiger partial charge in [-0.2, -0.15) is 0 Å². The van der Waals surface area contributed by atoms with Crippen LogP contribution in [-0.4, -0.2) is 24.2 Å². The van der Waals surface area contributed by atoms with E-state index in [9.17, 15) is 4.79 Å². The topological polar surface area (TPSA) is 66.9 Å². The molecule has 4 rings (SSSR count). The van der Waals surface area contributed by atoms with Crippen molar-refractivity contribution in [1.82, 2.24) is 4.98 Å². The van der Waals surface area contributed by atoms with Crippen LogP contribution in [0.1, 0.15) is 18.2 Å². The van der Waals surface area contributed by atoms with Crippen LogP contribution < -0.4 is 14.2 Å². The highest BCUT2D eigenvalue weighted by Gasteiger charge is 2.04. The van der Waals surface area contributed by atoms with E-state index in [2.05, 4.69) is 11.1 Å². The van der Waals surface area contributed by atoms with Crippen LogP contribution in [0, 0.1) is 0 Å². The van der Waals surface area contributed by atoms with E-state index in [1.54, 1.807) is 19.1 Å². The van der Waals surface area contributed by atoms with Gasteiger partial charge in [0, 0.05) is 5.39 Å². The molecule has 0 fully saturated rings. The molecular formula is C27H25NO5. The molecule has 4 aromatic rings. The lowest BCUT2D eigenvalue weighted by Crippen LogP contribution is -2.14. The maximum atomic E-state index is 11.3. The van der Waals surface area contributed by atoms with Gasteiger partial charge in [-0.3, -0.25) is 0 Å². The van der Waals surface area contributed by atoms with Crippen molar-refractivity contribution in [3.63, 3.8) is 0 Å². The zero-order valence-corrected chi connectivity index (χ0v) is 18.4. The number of esters is 1. The fourth-order valence-electron chi connectivity index (χ4n) is 3.17. The van der Waals surface area contributed by atoms with Crippen LogP contribution >= 0.6 is 0 Å². The van der Waals surface area contributed by atoms with Gasteiger partial charge in [-0.25, -0.2) is 9.78 Å². The molecule has 6 heteroatoms. The molecule has 0 spiro atoms. The average molecular weight is 443 g/mol. The summed E-state index contributed by atoms with van der Waals surface area (Å²) in [6, 6.07) is 27.0. The molecule has 0 unspecified atom stereocenters. The Labute approximate surface area is 192 Å². The third-order valence-electron chi connectivity index (χ3n) is 4.86. The Morgan fingerprint density at radius 2 is 1.36 bits per heavy atom. The Bertz CT molecular complexity index is 1190. The first kappa shape index (κ1) is 22.1. The smallest absolute Gasteiger partial charge is 0.344 e. The lowest BCUT2D eigenvalue weighted by atomic mass is 10.2. The Balaban J connectivity index is 1.24. The predicted octanol–water partition coefficient (Wildman–Crippen LogP) is 5.33. The fourth-order valence-corrected chi connectivity index (χ4v) is 3.17. The standard InChI is InChI=1S/C27H25NO5/c1-2-30-27(29)19-33-23-11-7-20(8-12-23)17-31-24-13-15-25(16-14-24)32-18-22-10-9-21-5-3-4-6-26(21)28-22/h3-16H,2,17-19H2,1H3. The number of carbonyl (C=O) groups excluding carboxylic acids is 1. The number of ether oxygens (including phenoxy) is 4. The summed E-state index contributed by atoms with van der Waals surface area (Å²) in [4.78, 5) is 16.0. The van der Waals surface area contributed by atoms with E-state index in [1.165, 1.54) is 0 Å². The Hall–Kier alpha value is -4.06. The van der Waals surface area contributed by atoms with Crippen molar-refractivity contribution >= 4 is 16.9 Å². The normalized spacial score (nSPS) is 10.6. The number of carbonyl (C=O) groups is 1. The van der Waals surface area contributed by atoms with Crippen LogP contribution in [0.5, 0.6) is 17.2 Å². The number of hydrogen-bond acceptors (Lipinski definition) is 6. The summed E-state index contributed by atoms with van der Waals surface area (Å²) in [5.74, 6) is 1.72. The molecule has 0 amide bonds. The minimum Gasteiger partial charge on any atom is -0.489 e. The zero-order chi connectivity index (χ0) is 22.9. The molecule has 0 atom stereocenters. The van der Waals surface area contributed by atoms with Gasteiger partial charge in [0.25, 0.3) is 0 Å². The molecule has 0 aliphatic rings. The van der Waals surface area contributed by atoms with Crippen LogP contribution in [0.2, 0.25) is 0 Å². The van der Waals surface area contributed by atoms with Crippen LogP contribution in [-0.2, 0) is 22.7 Å². The van der Waals surface area contributed by atoms with E-state index < -0.39 is 0 Å². The number of benzene rings is 3. The molecule has 0 bridgehead atoms. The molecule has 0 saturated carbocycles. The van der Waals surface area contributed by atoms with E-state index in [4.69, 9.17) is 18.9 Å². The predicted molar refractivity (Wildman–Crippen MR) is 125 cm³/mol. The summed E-state index contributed by atoms with van der Waals surface area (Å²) < 4.78 is 21.9. The van der Waals surface area contributed by atoms with Crippen molar-refractivity contribution in [2.75, 3.05) is 13.2 Å². The van der Waals surface area contributed by atoms with Gasteiger partial charge in [-0.1, -0.05) is 36.4 Å². The number of hydrogen-bond donors (Lipinski definition) is 0. The highest BCUT2D eigenvalue weighted by molar-refractivity contribution is 5.78. The molecule has 1 heterocycles. The second-order valence-electron chi connectivity index (χ2n) is 7.28. The van der Waals surface area contributed by atoms with Crippen LogP contribution in [0.3, 0.4) is 0 Å². The highest BCUT2D eigenvalue weighted by atomic mass is 16.6. The molecule has 0 radical (unpaired) electrons. The van der Waals surface area contributed by atoms with Gasteiger partial charge in [0.15, 0.2) is 6.61 Å². The van der Waals surface area contributed by atoms with Crippen LogP contribution in [0.4, 0.5) is 0 Å². The first-order chi connectivity index (χ1) is 16.2. The van der Waals surface area contributed by atoms with Gasteiger partial charge in [0.2, 0.25) is 0 Å². The van der Waals surface area contributed by atoms with Gasteiger partial charge in [0.1, 0.15) is 30.5 Å². The van der Waals surface area contributed by atoms with Crippen LogP contribution in [0.25, 0.3) is 10.9 Å². The number of para-hydroxylation sites is 1. The minimum absolute atomic E-state index is 0.102. The summed E-state index contributed by atoms with van der Waals surface area (Å²) in [5.41, 5.74) is 2.82. The Morgan fingerprint density at radius 3 is 2.09 bits per heavy atom. The third-order valence-corrected chi connectivity index (χ3v) is 4.86. The van der Waals surface area contributed by atoms with Crippen molar-refractivity contribution in [3.8, 4) is 17.2 Å². The maximum absolute atomic E-state index is 11.3. The van der Waals surface area contributed by atoms with Gasteiger partial charge in [0.05, 0.1) is 17.8 Å². The minimum atomic E-state index is -0.383. The molecule has 0 N–H and O–H groups in total. The summed E-state index contributed by atoms with van der Waals surface area (Å²) in [5, 5.41) is 1.11. The molecule has 0 aliphatic heterocycles. The van der Waals surface area contributed by atoms with Gasteiger partial charge >= 0.3 is 5.97 Å². The SMILES string of the molecule is CCOC(=O)COc1ccc(COc2ccc(OCc3ccc4ccccc4n3)cc2)cc1. The monoisotopic (exact) mass is 443 g/mol. The van der Waals surface area contributed by atoms with Crippen molar-refractivity contribution in [3.05, 3.63) is 96.2 Å². The second-order valence-corrected chi connectivity index (χ2v) is 7.28. The molecular weight excluding hydrogens is 418 g/mol. The van der Waals surface area contributed by atoms with Gasteiger partial charge in [-0.05, 0) is 61.0 Å². The number of pyridine rings is 1. The summed E-state index contributed by atoms with van der Waals surface area (Å²) in [6.45, 7) is 2.81. The fraction of sp³-hybridized carbons (Fsp3) is 0.185. The number of aromatic nitrogens is 1. The zero-order valence-electron chi connectivity index (χ0n) is 18.4. The molecule has 1 aromatic heterocycles. The lowest BCUT2D eigenvalue weighted by Gasteiger charge is -2.10. The van der Waals surface area contributed by atoms with E-state index in [1.807, 2.05) is 66.7 Å². The lowest BCUT2D eigenvalue weighted by molar-refractivity contribution is -0.145. The van der Waals surface area contributed by atoms with Crippen molar-refractivity contribution in [1.29, 1.82) is 0 Å². The van der Waals surface area contributed by atoms with Gasteiger partial charge in [-0.15, -0.1) is 0 Å². The van der Waals surface area contributed by atoms with E-state index in [-0.39, 0.29) is 12.6 Å². The average Bonchev–Trinajstić information content (AvgIpc) is 2.86. The Kier molecular flexibility index (Phi) is 7.38. The van der Waals surface area contributed by atoms with Gasteiger partial charge < -0.3 is 18.9 Å². The molecule has 0 aliphatic carbocycles. The largest absolute Gasteiger partial charge is 0.489 e. The molecule has 6 nitrogen and oxygen atoms in total. The molecule has 33 heavy (non-hydrogen) atoms. The van der Waals surface area contributed by atoms with Crippen LogP contribution in [0.15, 0.2) is 84.9 Å².